The molecule has 8 heterocycles. The molecule has 8 aliphatic heterocycles. The van der Waals surface area contributed by atoms with Crippen molar-refractivity contribution in [2.75, 3.05) is 118 Å². The quantitative estimate of drug-likeness (QED) is 0.147. The fourth-order valence-electron chi connectivity index (χ4n) is 21.0. The predicted octanol–water partition coefficient (Wildman–Crippen LogP) is 16.8. The molecule has 0 bridgehead atoms. The van der Waals surface area contributed by atoms with Crippen molar-refractivity contribution >= 4 is 0 Å². The number of piperazine rings is 8. The van der Waals surface area contributed by atoms with E-state index in [0.717, 1.165) is 12.1 Å². The van der Waals surface area contributed by atoms with Gasteiger partial charge in [-0.05, 0) is 318 Å². The first-order valence-corrected chi connectivity index (χ1v) is 46.7. The van der Waals surface area contributed by atoms with E-state index in [1.165, 1.54) is 118 Å². The minimum absolute atomic E-state index is 0.675. The van der Waals surface area contributed by atoms with Crippen molar-refractivity contribution < 1.29 is 0 Å². The lowest BCUT2D eigenvalue weighted by atomic mass is 10.0. The lowest BCUT2D eigenvalue weighted by Gasteiger charge is -2.48. The highest BCUT2D eigenvalue weighted by molar-refractivity contribution is 4.95. The maximum atomic E-state index is 2.64. The first kappa shape index (κ1) is 107. The number of rotatable bonds is 16. The van der Waals surface area contributed by atoms with E-state index < -0.39 is 0 Å². The largest absolute Gasteiger partial charge is 0.298 e. The van der Waals surface area contributed by atoms with E-state index >= 15 is 0 Å². The molecule has 16 heteroatoms. The van der Waals surface area contributed by atoms with Crippen LogP contribution in [-0.2, 0) is 0 Å². The third kappa shape index (κ3) is 34.6. The topological polar surface area (TPSA) is 51.8 Å². The minimum atomic E-state index is 0.675. The molecule has 0 spiro atoms. The fraction of sp³-hybridized carbons (Fsp3) is 1.00. The van der Waals surface area contributed by atoms with Crippen LogP contribution in [0.5, 0.6) is 0 Å². The summed E-state index contributed by atoms with van der Waals surface area (Å²) in [7, 11) is 0. The van der Waals surface area contributed by atoms with Gasteiger partial charge in [0.2, 0.25) is 0 Å². The molecule has 8 aliphatic rings. The summed E-state index contributed by atoms with van der Waals surface area (Å²) < 4.78 is 0. The van der Waals surface area contributed by atoms with E-state index in [2.05, 4.69) is 397 Å². The number of hydrogen-bond donors (Lipinski definition) is 0. The van der Waals surface area contributed by atoms with E-state index in [0.29, 0.717) is 169 Å². The van der Waals surface area contributed by atoms with Gasteiger partial charge in [0.25, 0.3) is 0 Å². The Morgan fingerprint density at radius 3 is 0.373 bits per heavy atom. The highest BCUT2D eigenvalue weighted by atomic mass is 15.4. The van der Waals surface area contributed by atoms with Crippen LogP contribution in [-0.4, -0.2) is 377 Å². The zero-order valence-corrected chi connectivity index (χ0v) is 83.2. The van der Waals surface area contributed by atoms with Gasteiger partial charge in [0, 0.05) is 299 Å². The fourth-order valence-corrected chi connectivity index (χ4v) is 21.0. The predicted molar refractivity (Wildman–Crippen MR) is 492 cm³/mol. The molecule has 0 aromatic heterocycles. The molecule has 660 valence electrons. The lowest BCUT2D eigenvalue weighted by Crippen LogP contribution is -2.60. The summed E-state index contributed by atoms with van der Waals surface area (Å²) in [4.78, 5) is 41.7. The zero-order valence-electron chi connectivity index (χ0n) is 83.2. The second kappa shape index (κ2) is 51.7. The Balaban J connectivity index is 0.000000629. The summed E-state index contributed by atoms with van der Waals surface area (Å²) >= 11 is 0. The van der Waals surface area contributed by atoms with Gasteiger partial charge in [-0.2, -0.15) is 0 Å². The molecular weight excluding hydrogens is 1350 g/mol. The van der Waals surface area contributed by atoms with Crippen LogP contribution in [0.1, 0.15) is 318 Å². The SMILES string of the molecule is CC(C)N1CCN(C(C)C)[C@@H](C)C1.CC(C)N1CCN(C(C)C)[C@@H](C)[C@H]1C.CC(C)N1CCN(C(C)C)[C@H](C)C1.CC(C)N1CCN(C(C)C)[C@H](C)[C@H]1C.CC(C)N1C[C@@H](C)N(C(C)C)[C@@H](C)C1.CC(C)N1C[C@@H](C)N(C(C)C)[C@@H](C)C1.CC(C)N1C[C@@H](C)N(C(C)C)[C@H](C)C1.CC(C)N1C[C@H](C)N(C(C)C)[C@@H](C)C1. The molecular formula is C94H204N16. The average Bonchev–Trinajstić information content (AvgIpc) is 0.792. The molecule has 0 saturated carbocycles. The molecule has 8 fully saturated rings. The standard InChI is InChI=1S/6C12H26N2.2C11H24N2/c4*1-9(2)13-7-11(5)14(10(3)4)12(6)8-13;2*1-9(2)13-7-8-14(10(3)4)12(6)11(13)5;2*1-9(2)12-6-7-13(10(3)4)11(5)8-12/h6*9-12H,7-8H2,1-6H3;2*9-11H,6-8H2,1-5H3/t2*11-,12+;2*11-,12-;11-,12+;11-,12-;2*11-/m..10.110/s1. The molecule has 110 heavy (non-hydrogen) atoms. The Labute approximate surface area is 692 Å². The van der Waals surface area contributed by atoms with Gasteiger partial charge < -0.3 is 0 Å². The molecule has 0 aliphatic carbocycles. The summed E-state index contributed by atoms with van der Waals surface area (Å²) in [5, 5.41) is 0. The van der Waals surface area contributed by atoms with Crippen molar-refractivity contribution in [1.29, 1.82) is 0 Å². The van der Waals surface area contributed by atoms with Crippen LogP contribution in [0.2, 0.25) is 0 Å². The Kier molecular flexibility index (Phi) is 50.5. The van der Waals surface area contributed by atoms with E-state index in [4.69, 9.17) is 0 Å². The van der Waals surface area contributed by atoms with E-state index in [-0.39, 0.29) is 0 Å². The van der Waals surface area contributed by atoms with Crippen LogP contribution in [0, 0.1) is 0 Å². The summed E-state index contributed by atoms with van der Waals surface area (Å²) in [5.41, 5.74) is 0. The third-order valence-electron chi connectivity index (χ3n) is 27.0. The van der Waals surface area contributed by atoms with Crippen molar-refractivity contribution in [1.82, 2.24) is 78.4 Å². The van der Waals surface area contributed by atoms with Crippen LogP contribution < -0.4 is 0 Å². The minimum Gasteiger partial charge on any atom is -0.298 e. The van der Waals surface area contributed by atoms with Gasteiger partial charge >= 0.3 is 0 Å². The average molecular weight is 1560 g/mol. The number of nitrogens with zero attached hydrogens (tertiary/aromatic N) is 16. The molecule has 0 radical (unpaired) electrons. The van der Waals surface area contributed by atoms with E-state index in [1.807, 2.05) is 0 Å². The van der Waals surface area contributed by atoms with Crippen LogP contribution in [0.3, 0.4) is 0 Å². The molecule has 16 nitrogen and oxygen atoms in total. The zero-order chi connectivity index (χ0) is 85.3. The normalized spacial score (nSPS) is 30.7. The van der Waals surface area contributed by atoms with Crippen LogP contribution in [0.15, 0.2) is 0 Å². The molecule has 8 rings (SSSR count). The van der Waals surface area contributed by atoms with Crippen molar-refractivity contribution in [2.24, 2.45) is 0 Å². The summed E-state index contributed by atoms with van der Waals surface area (Å²) in [6, 6.07) is 20.7. The van der Waals surface area contributed by atoms with Crippen molar-refractivity contribution in [3.8, 4) is 0 Å². The second-order valence-electron chi connectivity index (χ2n) is 41.0. The van der Waals surface area contributed by atoms with E-state index in [9.17, 15) is 0 Å². The molecule has 0 aromatic carbocycles. The molecule has 14 atom stereocenters. The van der Waals surface area contributed by atoms with Gasteiger partial charge in [0.05, 0.1) is 0 Å². The van der Waals surface area contributed by atoms with E-state index in [1.54, 1.807) is 0 Å². The number of hydrogen-bond acceptors (Lipinski definition) is 16. The highest BCUT2D eigenvalue weighted by Gasteiger charge is 2.39. The summed E-state index contributed by atoms with van der Waals surface area (Å²) in [6.45, 7) is 129. The molecule has 0 aromatic rings. The van der Waals surface area contributed by atoms with Gasteiger partial charge in [-0.15, -0.1) is 0 Å². The van der Waals surface area contributed by atoms with Gasteiger partial charge in [-0.25, -0.2) is 0 Å². The van der Waals surface area contributed by atoms with Crippen LogP contribution in [0.4, 0.5) is 0 Å². The molecule has 0 amide bonds. The smallest absolute Gasteiger partial charge is 0.0223 e. The Hall–Kier alpha value is -0.640. The molecule has 0 unspecified atom stereocenters. The first-order chi connectivity index (χ1) is 50.7. The van der Waals surface area contributed by atoms with Crippen molar-refractivity contribution in [2.45, 2.75) is 500 Å². The third-order valence-corrected chi connectivity index (χ3v) is 27.0. The maximum Gasteiger partial charge on any atom is 0.0223 e. The monoisotopic (exact) mass is 1560 g/mol. The summed E-state index contributed by atoms with van der Waals surface area (Å²) in [6.07, 6.45) is 0. The highest BCUT2D eigenvalue weighted by Crippen LogP contribution is 2.27. The molecule has 8 saturated heterocycles. The van der Waals surface area contributed by atoms with Crippen molar-refractivity contribution in [3.63, 3.8) is 0 Å². The molecule has 0 N–H and O–H groups in total. The Morgan fingerprint density at radius 1 is 0.136 bits per heavy atom. The van der Waals surface area contributed by atoms with Crippen LogP contribution in [0.25, 0.3) is 0 Å². The van der Waals surface area contributed by atoms with Crippen LogP contribution >= 0.6 is 0 Å². The van der Waals surface area contributed by atoms with Gasteiger partial charge in [0.1, 0.15) is 0 Å². The Morgan fingerprint density at radius 2 is 0.264 bits per heavy atom. The first-order valence-electron chi connectivity index (χ1n) is 46.7. The lowest BCUT2D eigenvalue weighted by molar-refractivity contribution is 0.00129. The Bertz CT molecular complexity index is 1980. The maximum absolute atomic E-state index is 2.64. The van der Waals surface area contributed by atoms with Gasteiger partial charge in [-0.3, -0.25) is 78.4 Å². The van der Waals surface area contributed by atoms with Crippen molar-refractivity contribution in [3.05, 3.63) is 0 Å². The van der Waals surface area contributed by atoms with Gasteiger partial charge in [-0.1, -0.05) is 0 Å². The second-order valence-corrected chi connectivity index (χ2v) is 41.0. The summed E-state index contributed by atoms with van der Waals surface area (Å²) in [5.74, 6) is 0. The van der Waals surface area contributed by atoms with Gasteiger partial charge in [0.15, 0.2) is 0 Å².